The van der Waals surface area contributed by atoms with Crippen molar-refractivity contribution in [2.45, 2.75) is 40.0 Å². The number of ether oxygens (including phenoxy) is 2. The van der Waals surface area contributed by atoms with E-state index in [2.05, 4.69) is 55.3 Å². The summed E-state index contributed by atoms with van der Waals surface area (Å²) in [6, 6.07) is 16.9. The molecule has 3 rings (SSSR count). The van der Waals surface area contributed by atoms with Gasteiger partial charge in [-0.2, -0.15) is 0 Å². The van der Waals surface area contributed by atoms with E-state index in [9.17, 15) is 0 Å². The summed E-state index contributed by atoms with van der Waals surface area (Å²) in [6.45, 7) is 7.68. The zero-order chi connectivity index (χ0) is 19.9. The Balaban J connectivity index is 1.66. The fraction of sp³-hybridized carbons (Fsp3) is 0.292. The molecule has 0 aliphatic heterocycles. The van der Waals surface area contributed by atoms with Gasteiger partial charge < -0.3 is 14.8 Å². The van der Waals surface area contributed by atoms with Crippen molar-refractivity contribution in [2.24, 2.45) is 0 Å². The van der Waals surface area contributed by atoms with E-state index >= 15 is 0 Å². The van der Waals surface area contributed by atoms with Crippen LogP contribution in [0.2, 0.25) is 0 Å². The van der Waals surface area contributed by atoms with Crippen molar-refractivity contribution < 1.29 is 9.47 Å². The van der Waals surface area contributed by atoms with Gasteiger partial charge in [-0.15, -0.1) is 0 Å². The SMILES string of the molecule is COc1ccc(CNC(C)c2cc(C)cc(C)c2)cc1OCc1cccnc1. The number of nitrogens with one attached hydrogen (secondary N) is 1. The molecule has 146 valence electrons. The van der Waals surface area contributed by atoms with E-state index in [1.54, 1.807) is 13.3 Å². The highest BCUT2D eigenvalue weighted by molar-refractivity contribution is 5.43. The first-order chi connectivity index (χ1) is 13.5. The molecule has 0 saturated heterocycles. The number of hydrogen-bond donors (Lipinski definition) is 1. The normalized spacial score (nSPS) is 11.9. The highest BCUT2D eigenvalue weighted by atomic mass is 16.5. The Kier molecular flexibility index (Phi) is 6.66. The molecule has 1 aromatic heterocycles. The van der Waals surface area contributed by atoms with Crippen LogP contribution in [0.3, 0.4) is 0 Å². The van der Waals surface area contributed by atoms with Crippen LogP contribution in [0.15, 0.2) is 60.9 Å². The van der Waals surface area contributed by atoms with Gasteiger partial charge in [-0.3, -0.25) is 4.98 Å². The van der Waals surface area contributed by atoms with Gasteiger partial charge in [-0.05, 0) is 50.1 Å². The molecule has 3 aromatic rings. The summed E-state index contributed by atoms with van der Waals surface area (Å²) in [5, 5.41) is 3.60. The molecule has 0 bridgehead atoms. The molecule has 0 amide bonds. The number of pyridine rings is 1. The van der Waals surface area contributed by atoms with Gasteiger partial charge in [0.15, 0.2) is 11.5 Å². The average Bonchev–Trinajstić information content (AvgIpc) is 2.70. The summed E-state index contributed by atoms with van der Waals surface area (Å²) < 4.78 is 11.4. The van der Waals surface area contributed by atoms with Crippen molar-refractivity contribution in [3.8, 4) is 11.5 Å². The Morgan fingerprint density at radius 1 is 0.964 bits per heavy atom. The molecule has 1 unspecified atom stereocenters. The van der Waals surface area contributed by atoms with Crippen molar-refractivity contribution in [3.05, 3.63) is 88.7 Å². The zero-order valence-electron chi connectivity index (χ0n) is 17.0. The zero-order valence-corrected chi connectivity index (χ0v) is 17.0. The molecule has 28 heavy (non-hydrogen) atoms. The van der Waals surface area contributed by atoms with E-state index in [1.807, 2.05) is 30.5 Å². The van der Waals surface area contributed by atoms with Crippen molar-refractivity contribution in [1.29, 1.82) is 0 Å². The van der Waals surface area contributed by atoms with E-state index in [0.29, 0.717) is 6.61 Å². The van der Waals surface area contributed by atoms with Crippen molar-refractivity contribution in [1.82, 2.24) is 10.3 Å². The lowest BCUT2D eigenvalue weighted by Crippen LogP contribution is -2.18. The number of rotatable bonds is 8. The summed E-state index contributed by atoms with van der Waals surface area (Å²) in [5.41, 5.74) is 6.06. The third-order valence-corrected chi connectivity index (χ3v) is 4.70. The fourth-order valence-electron chi connectivity index (χ4n) is 3.24. The molecule has 0 spiro atoms. The predicted molar refractivity (Wildman–Crippen MR) is 113 cm³/mol. The number of aryl methyl sites for hydroxylation is 2. The molecular weight excluding hydrogens is 348 g/mol. The third-order valence-electron chi connectivity index (χ3n) is 4.70. The van der Waals surface area contributed by atoms with Crippen LogP contribution in [0.4, 0.5) is 0 Å². The molecule has 0 aliphatic carbocycles. The van der Waals surface area contributed by atoms with Crippen LogP contribution in [-0.2, 0) is 13.2 Å². The minimum Gasteiger partial charge on any atom is -0.493 e. The number of benzene rings is 2. The van der Waals surface area contributed by atoms with Crippen LogP contribution >= 0.6 is 0 Å². The van der Waals surface area contributed by atoms with Crippen LogP contribution in [0, 0.1) is 13.8 Å². The molecule has 1 heterocycles. The van der Waals surface area contributed by atoms with Crippen LogP contribution in [-0.4, -0.2) is 12.1 Å². The van der Waals surface area contributed by atoms with Crippen LogP contribution in [0.25, 0.3) is 0 Å². The smallest absolute Gasteiger partial charge is 0.161 e. The molecule has 4 heteroatoms. The minimum atomic E-state index is 0.264. The summed E-state index contributed by atoms with van der Waals surface area (Å²) in [4.78, 5) is 4.13. The Morgan fingerprint density at radius 3 is 2.43 bits per heavy atom. The number of hydrogen-bond acceptors (Lipinski definition) is 4. The maximum Gasteiger partial charge on any atom is 0.161 e. The summed E-state index contributed by atoms with van der Waals surface area (Å²) >= 11 is 0. The summed E-state index contributed by atoms with van der Waals surface area (Å²) in [5.74, 6) is 1.47. The Bertz CT molecular complexity index is 889. The van der Waals surface area contributed by atoms with E-state index in [-0.39, 0.29) is 6.04 Å². The summed E-state index contributed by atoms with van der Waals surface area (Å²) in [6.07, 6.45) is 3.57. The fourth-order valence-corrected chi connectivity index (χ4v) is 3.24. The maximum atomic E-state index is 5.98. The Morgan fingerprint density at radius 2 is 1.75 bits per heavy atom. The second-order valence-corrected chi connectivity index (χ2v) is 7.16. The molecule has 4 nitrogen and oxygen atoms in total. The highest BCUT2D eigenvalue weighted by Gasteiger charge is 2.09. The molecule has 0 saturated carbocycles. The van der Waals surface area contributed by atoms with Crippen molar-refractivity contribution in [3.63, 3.8) is 0 Å². The molecule has 1 atom stereocenters. The monoisotopic (exact) mass is 376 g/mol. The van der Waals surface area contributed by atoms with Gasteiger partial charge in [-0.1, -0.05) is 41.5 Å². The standard InChI is InChI=1S/C24H28N2O2/c1-17-10-18(2)12-22(11-17)19(3)26-15-20-7-8-23(27-4)24(13-20)28-16-21-6-5-9-25-14-21/h5-14,19,26H,15-16H2,1-4H3. The Labute approximate surface area is 167 Å². The minimum absolute atomic E-state index is 0.264. The largest absolute Gasteiger partial charge is 0.493 e. The first kappa shape index (κ1) is 19.9. The van der Waals surface area contributed by atoms with Crippen LogP contribution in [0.1, 0.15) is 40.8 Å². The van der Waals surface area contributed by atoms with Gasteiger partial charge >= 0.3 is 0 Å². The second-order valence-electron chi connectivity index (χ2n) is 7.16. The van der Waals surface area contributed by atoms with Crippen LogP contribution < -0.4 is 14.8 Å². The highest BCUT2D eigenvalue weighted by Crippen LogP contribution is 2.29. The van der Waals surface area contributed by atoms with E-state index in [1.165, 1.54) is 16.7 Å². The third kappa shape index (κ3) is 5.33. The Hall–Kier alpha value is -2.85. The van der Waals surface area contributed by atoms with E-state index in [4.69, 9.17) is 9.47 Å². The van der Waals surface area contributed by atoms with E-state index < -0.39 is 0 Å². The van der Waals surface area contributed by atoms with Gasteiger partial charge in [-0.25, -0.2) is 0 Å². The predicted octanol–water partition coefficient (Wildman–Crippen LogP) is 5.14. The van der Waals surface area contributed by atoms with Gasteiger partial charge in [0.05, 0.1) is 7.11 Å². The van der Waals surface area contributed by atoms with E-state index in [0.717, 1.165) is 29.2 Å². The van der Waals surface area contributed by atoms with Gasteiger partial charge in [0.25, 0.3) is 0 Å². The second kappa shape index (κ2) is 9.38. The van der Waals surface area contributed by atoms with Crippen molar-refractivity contribution >= 4 is 0 Å². The number of aromatic nitrogens is 1. The molecule has 0 radical (unpaired) electrons. The van der Waals surface area contributed by atoms with Crippen LogP contribution in [0.5, 0.6) is 11.5 Å². The number of methoxy groups -OCH3 is 1. The first-order valence-electron chi connectivity index (χ1n) is 9.55. The molecule has 0 aliphatic rings. The molecule has 1 N–H and O–H groups in total. The average molecular weight is 377 g/mol. The van der Waals surface area contributed by atoms with Gasteiger partial charge in [0, 0.05) is 30.5 Å². The van der Waals surface area contributed by atoms with Crippen molar-refractivity contribution in [2.75, 3.05) is 7.11 Å². The molecule has 0 fully saturated rings. The lowest BCUT2D eigenvalue weighted by atomic mass is 10.0. The molecular formula is C24H28N2O2. The lowest BCUT2D eigenvalue weighted by molar-refractivity contribution is 0.283. The first-order valence-corrected chi connectivity index (χ1v) is 9.55. The summed E-state index contributed by atoms with van der Waals surface area (Å²) in [7, 11) is 1.66. The quantitative estimate of drug-likeness (QED) is 0.591. The number of nitrogens with zero attached hydrogens (tertiary/aromatic N) is 1. The van der Waals surface area contributed by atoms with Gasteiger partial charge in [0.1, 0.15) is 6.61 Å². The van der Waals surface area contributed by atoms with Gasteiger partial charge in [0.2, 0.25) is 0 Å². The molecule has 2 aromatic carbocycles. The topological polar surface area (TPSA) is 43.4 Å². The lowest BCUT2D eigenvalue weighted by Gasteiger charge is -2.17. The maximum absolute atomic E-state index is 5.98.